The van der Waals surface area contributed by atoms with E-state index in [0.29, 0.717) is 27.3 Å². The minimum Gasteiger partial charge on any atom is -0.427 e. The second-order valence-electron chi connectivity index (χ2n) is 9.59. The van der Waals surface area contributed by atoms with E-state index in [1.165, 1.54) is 31.3 Å². The zero-order valence-electron chi connectivity index (χ0n) is 21.0. The third kappa shape index (κ3) is 5.81. The molecule has 1 aliphatic carbocycles. The summed E-state index contributed by atoms with van der Waals surface area (Å²) in [4.78, 5) is 50.7. The number of fused-ring (bicyclic) bond motifs is 2. The molecule has 1 aliphatic heterocycles. The Bertz CT molecular complexity index is 1300. The Labute approximate surface area is 220 Å². The van der Waals surface area contributed by atoms with Crippen LogP contribution in [0.25, 0.3) is 0 Å². The summed E-state index contributed by atoms with van der Waals surface area (Å²) in [6.07, 6.45) is -6.05. The van der Waals surface area contributed by atoms with Gasteiger partial charge >= 0.3 is 18.3 Å². The van der Waals surface area contributed by atoms with Crippen molar-refractivity contribution in [2.24, 2.45) is 5.92 Å². The van der Waals surface area contributed by atoms with Gasteiger partial charge in [-0.2, -0.15) is 13.2 Å². The second kappa shape index (κ2) is 10.5. The highest BCUT2D eigenvalue weighted by Crippen LogP contribution is 2.45. The summed E-state index contributed by atoms with van der Waals surface area (Å²) in [5.74, 6) is -2.84. The Kier molecular flexibility index (Phi) is 7.53. The highest BCUT2D eigenvalue weighted by molar-refractivity contribution is 6.04. The van der Waals surface area contributed by atoms with Crippen LogP contribution in [0.4, 0.5) is 32.8 Å². The Morgan fingerprint density at radius 2 is 1.87 bits per heavy atom. The number of carbonyl (C=O) groups is 4. The third-order valence-electron chi connectivity index (χ3n) is 6.95. The maximum Gasteiger partial charge on any atom is 0.415 e. The van der Waals surface area contributed by atoms with Crippen LogP contribution in [0.1, 0.15) is 36.5 Å². The molecule has 0 bridgehead atoms. The smallest absolute Gasteiger partial charge is 0.415 e. The molecule has 1 saturated heterocycles. The molecule has 39 heavy (non-hydrogen) atoms. The molecule has 1 fully saturated rings. The molecule has 13 heteroatoms. The molecule has 0 radical (unpaired) electrons. The molecule has 3 N–H and O–H groups in total. The molecule has 3 atom stereocenters. The van der Waals surface area contributed by atoms with Crippen molar-refractivity contribution >= 4 is 29.6 Å². The van der Waals surface area contributed by atoms with Crippen LogP contribution in [0.2, 0.25) is 0 Å². The molecule has 208 valence electrons. The number of carbonyl (C=O) groups excluding carboxylic acids is 4. The van der Waals surface area contributed by atoms with Gasteiger partial charge in [-0.3, -0.25) is 14.9 Å². The number of alkyl carbamates (subject to hydrolysis) is 1. The summed E-state index contributed by atoms with van der Waals surface area (Å²) >= 11 is 0. The van der Waals surface area contributed by atoms with Crippen LogP contribution in [-0.2, 0) is 32.9 Å². The lowest BCUT2D eigenvalue weighted by molar-refractivity contribution is -0.187. The van der Waals surface area contributed by atoms with E-state index >= 15 is 0 Å². The first kappa shape index (κ1) is 27.9. The minimum absolute atomic E-state index is 0.129. The van der Waals surface area contributed by atoms with E-state index in [2.05, 4.69) is 16.0 Å². The van der Waals surface area contributed by atoms with E-state index in [-0.39, 0.29) is 19.3 Å². The lowest BCUT2D eigenvalue weighted by atomic mass is 9.72. The first-order chi connectivity index (χ1) is 18.3. The number of rotatable bonds is 6. The fourth-order valence-corrected chi connectivity index (χ4v) is 4.98. The van der Waals surface area contributed by atoms with E-state index in [9.17, 15) is 36.7 Å². The van der Waals surface area contributed by atoms with Crippen molar-refractivity contribution < 1.29 is 41.5 Å². The highest BCUT2D eigenvalue weighted by atomic mass is 19.4. The molecule has 1 spiro atoms. The van der Waals surface area contributed by atoms with Crippen molar-refractivity contribution in [2.75, 3.05) is 12.4 Å². The van der Waals surface area contributed by atoms with Gasteiger partial charge in [-0.25, -0.2) is 14.0 Å². The van der Waals surface area contributed by atoms with Gasteiger partial charge in [0.05, 0.1) is 0 Å². The molecule has 0 aromatic heterocycles. The van der Waals surface area contributed by atoms with Gasteiger partial charge in [-0.05, 0) is 54.7 Å². The van der Waals surface area contributed by atoms with Crippen molar-refractivity contribution in [3.05, 3.63) is 65.0 Å². The molecule has 1 heterocycles. The van der Waals surface area contributed by atoms with Crippen molar-refractivity contribution in [1.29, 1.82) is 0 Å². The monoisotopic (exact) mass is 550 g/mol. The number of halogens is 4. The maximum atomic E-state index is 13.7. The lowest BCUT2D eigenvalue weighted by Gasteiger charge is -2.38. The van der Waals surface area contributed by atoms with E-state index in [0.717, 1.165) is 19.1 Å². The molecule has 2 aliphatic rings. The number of benzene rings is 2. The van der Waals surface area contributed by atoms with Gasteiger partial charge in [0.1, 0.15) is 11.9 Å². The number of nitrogens with zero attached hydrogens (tertiary/aromatic N) is 1. The minimum atomic E-state index is -4.72. The largest absolute Gasteiger partial charge is 0.427 e. The number of hydrogen-bond donors (Lipinski definition) is 3. The molecular formula is C26H26F4N4O5. The summed E-state index contributed by atoms with van der Waals surface area (Å²) in [6.45, 7) is 0.450. The van der Waals surface area contributed by atoms with Gasteiger partial charge < -0.3 is 20.3 Å². The topological polar surface area (TPSA) is 117 Å². The average molecular weight is 551 g/mol. The predicted octanol–water partition coefficient (Wildman–Crippen LogP) is 3.97. The van der Waals surface area contributed by atoms with Gasteiger partial charge in [-0.15, -0.1) is 0 Å². The molecule has 0 saturated carbocycles. The zero-order valence-corrected chi connectivity index (χ0v) is 21.0. The fourth-order valence-electron chi connectivity index (χ4n) is 4.98. The van der Waals surface area contributed by atoms with Crippen LogP contribution in [0, 0.1) is 11.7 Å². The van der Waals surface area contributed by atoms with Gasteiger partial charge in [-0.1, -0.05) is 18.2 Å². The van der Waals surface area contributed by atoms with Gasteiger partial charge in [0, 0.05) is 37.7 Å². The van der Waals surface area contributed by atoms with E-state index in [1.807, 2.05) is 0 Å². The van der Waals surface area contributed by atoms with Crippen molar-refractivity contribution in [2.45, 2.75) is 50.6 Å². The van der Waals surface area contributed by atoms with E-state index in [4.69, 9.17) is 4.74 Å². The SMILES string of the molecule is CNC(=O)Nc1ccc2c(c1)CC(CC(=O)N(Cc1ccc(F)cc1)[C@@H](C)C(F)(F)F)C[C@@]21OC(=O)NC1=O. The number of alkyl halides is 3. The van der Waals surface area contributed by atoms with Crippen molar-refractivity contribution in [3.8, 4) is 0 Å². The Morgan fingerprint density at radius 1 is 1.18 bits per heavy atom. The van der Waals surface area contributed by atoms with E-state index in [1.54, 1.807) is 6.07 Å². The van der Waals surface area contributed by atoms with Crippen LogP contribution in [0.5, 0.6) is 0 Å². The van der Waals surface area contributed by atoms with Crippen LogP contribution >= 0.6 is 0 Å². The molecular weight excluding hydrogens is 524 g/mol. The number of urea groups is 1. The summed E-state index contributed by atoms with van der Waals surface area (Å²) in [5.41, 5.74) is -0.238. The number of hydrogen-bond acceptors (Lipinski definition) is 5. The molecule has 1 unspecified atom stereocenters. The summed E-state index contributed by atoms with van der Waals surface area (Å²) in [6, 6.07) is 6.76. The summed E-state index contributed by atoms with van der Waals surface area (Å²) < 4.78 is 59.9. The second-order valence-corrected chi connectivity index (χ2v) is 9.59. The normalized spacial score (nSPS) is 21.0. The van der Waals surface area contributed by atoms with Crippen LogP contribution in [-0.4, -0.2) is 48.1 Å². The highest BCUT2D eigenvalue weighted by Gasteiger charge is 2.55. The number of nitrogens with one attached hydrogen (secondary N) is 3. The first-order valence-electron chi connectivity index (χ1n) is 12.1. The molecule has 9 nitrogen and oxygen atoms in total. The predicted molar refractivity (Wildman–Crippen MR) is 130 cm³/mol. The third-order valence-corrected chi connectivity index (χ3v) is 6.95. The maximum absolute atomic E-state index is 13.7. The summed E-state index contributed by atoms with van der Waals surface area (Å²) in [5, 5.41) is 7.09. The zero-order chi connectivity index (χ0) is 28.5. The number of ether oxygens (including phenoxy) is 1. The Balaban J connectivity index is 1.64. The van der Waals surface area contributed by atoms with Crippen LogP contribution in [0.15, 0.2) is 42.5 Å². The first-order valence-corrected chi connectivity index (χ1v) is 12.1. The van der Waals surface area contributed by atoms with E-state index < -0.39 is 60.0 Å². The number of anilines is 1. The number of imide groups is 1. The lowest BCUT2D eigenvalue weighted by Crippen LogP contribution is -2.48. The quantitative estimate of drug-likeness (QED) is 0.471. The molecule has 2 aromatic rings. The van der Waals surface area contributed by atoms with Crippen LogP contribution < -0.4 is 16.0 Å². The van der Waals surface area contributed by atoms with Crippen molar-refractivity contribution in [1.82, 2.24) is 15.5 Å². The van der Waals surface area contributed by atoms with Crippen molar-refractivity contribution in [3.63, 3.8) is 0 Å². The average Bonchev–Trinajstić information content (AvgIpc) is 3.14. The fraction of sp³-hybridized carbons (Fsp3) is 0.385. The number of amides is 5. The summed E-state index contributed by atoms with van der Waals surface area (Å²) in [7, 11) is 1.42. The molecule has 5 amide bonds. The Morgan fingerprint density at radius 3 is 2.46 bits per heavy atom. The standard InChI is InChI=1S/C26H26F4N4O5/c1-14(26(28,29)30)34(13-15-3-5-18(27)6-4-15)21(35)10-16-9-17-11-19(32-23(37)31-2)7-8-20(17)25(12-16)22(36)33-24(38)39-25/h3-8,11,14,16H,9-10,12-13H2,1-2H3,(H2,31,32,37)(H,33,36,38)/t14-,16?,25+/m0/s1. The van der Waals surface area contributed by atoms with Gasteiger partial charge in [0.25, 0.3) is 5.91 Å². The Hall–Kier alpha value is -4.16. The van der Waals surface area contributed by atoms with Gasteiger partial charge in [0.15, 0.2) is 0 Å². The van der Waals surface area contributed by atoms with Crippen LogP contribution in [0.3, 0.4) is 0 Å². The molecule has 2 aromatic carbocycles. The van der Waals surface area contributed by atoms with Gasteiger partial charge in [0.2, 0.25) is 11.5 Å². The molecule has 4 rings (SSSR count).